The summed E-state index contributed by atoms with van der Waals surface area (Å²) >= 11 is 0. The molecule has 88 valence electrons. The topological polar surface area (TPSA) is 41.6 Å². The number of nitrogens with zero attached hydrogens (tertiary/aromatic N) is 1. The van der Waals surface area contributed by atoms with E-state index in [4.69, 9.17) is 4.74 Å². The molecule has 1 aliphatic rings. The van der Waals surface area contributed by atoms with E-state index >= 15 is 0 Å². The molecule has 1 aliphatic heterocycles. The monoisotopic (exact) mass is 214 g/mol. The third-order valence-corrected chi connectivity index (χ3v) is 3.37. The molecule has 0 saturated carbocycles. The van der Waals surface area contributed by atoms with Crippen molar-refractivity contribution in [3.63, 3.8) is 0 Å². The van der Waals surface area contributed by atoms with Crippen molar-refractivity contribution in [2.45, 2.75) is 32.4 Å². The normalized spacial score (nSPS) is 27.7. The van der Waals surface area contributed by atoms with Gasteiger partial charge in [-0.1, -0.05) is 6.92 Å². The lowest BCUT2D eigenvalue weighted by Crippen LogP contribution is -2.46. The predicted octanol–water partition coefficient (Wildman–Crippen LogP) is 0.478. The maximum Gasteiger partial charge on any atom is 0.229 e. The Bertz CT molecular complexity index is 221. The molecular weight excluding hydrogens is 192 g/mol. The largest absolute Gasteiger partial charge is 0.379 e. The SMILES string of the molecule is CCC(C)N(C)C(=O)C1COCC1NC. The molecule has 0 aromatic rings. The van der Waals surface area contributed by atoms with E-state index < -0.39 is 0 Å². The molecule has 0 bridgehead atoms. The van der Waals surface area contributed by atoms with Crippen LogP contribution in [-0.4, -0.2) is 50.2 Å². The van der Waals surface area contributed by atoms with Crippen LogP contribution in [0.1, 0.15) is 20.3 Å². The first-order valence-electron chi connectivity index (χ1n) is 5.63. The van der Waals surface area contributed by atoms with Crippen LogP contribution in [0.2, 0.25) is 0 Å². The zero-order chi connectivity index (χ0) is 11.4. The molecule has 3 unspecified atom stereocenters. The van der Waals surface area contributed by atoms with Crippen LogP contribution in [0.5, 0.6) is 0 Å². The minimum atomic E-state index is -0.0194. The first kappa shape index (κ1) is 12.5. The molecule has 0 spiro atoms. The van der Waals surface area contributed by atoms with Crippen molar-refractivity contribution in [1.29, 1.82) is 0 Å². The van der Waals surface area contributed by atoms with Gasteiger partial charge in [-0.05, 0) is 20.4 Å². The maximum atomic E-state index is 12.1. The van der Waals surface area contributed by atoms with Crippen LogP contribution >= 0.6 is 0 Å². The smallest absolute Gasteiger partial charge is 0.229 e. The highest BCUT2D eigenvalue weighted by atomic mass is 16.5. The summed E-state index contributed by atoms with van der Waals surface area (Å²) in [6, 6.07) is 0.472. The Balaban J connectivity index is 2.59. The summed E-state index contributed by atoms with van der Waals surface area (Å²) in [5.74, 6) is 0.176. The summed E-state index contributed by atoms with van der Waals surface area (Å²) in [5.41, 5.74) is 0. The minimum Gasteiger partial charge on any atom is -0.379 e. The number of nitrogens with one attached hydrogen (secondary N) is 1. The molecule has 1 amide bonds. The number of rotatable bonds is 4. The van der Waals surface area contributed by atoms with Crippen LogP contribution in [0.4, 0.5) is 0 Å². The summed E-state index contributed by atoms with van der Waals surface area (Å²) in [6.45, 7) is 5.35. The highest BCUT2D eigenvalue weighted by molar-refractivity contribution is 5.80. The van der Waals surface area contributed by atoms with Crippen molar-refractivity contribution in [3.05, 3.63) is 0 Å². The quantitative estimate of drug-likeness (QED) is 0.740. The van der Waals surface area contributed by atoms with E-state index in [0.717, 1.165) is 6.42 Å². The van der Waals surface area contributed by atoms with Crippen molar-refractivity contribution in [1.82, 2.24) is 10.2 Å². The standard InChI is InChI=1S/C11H22N2O2/c1-5-8(2)13(4)11(14)9-6-15-7-10(9)12-3/h8-10,12H,5-7H2,1-4H3. The Hall–Kier alpha value is -0.610. The van der Waals surface area contributed by atoms with Gasteiger partial charge in [0, 0.05) is 19.1 Å². The van der Waals surface area contributed by atoms with E-state index in [2.05, 4.69) is 19.2 Å². The fraction of sp³-hybridized carbons (Fsp3) is 0.909. The van der Waals surface area contributed by atoms with Crippen molar-refractivity contribution in [2.75, 3.05) is 27.3 Å². The number of hydrogen-bond acceptors (Lipinski definition) is 3. The van der Waals surface area contributed by atoms with Gasteiger partial charge >= 0.3 is 0 Å². The molecule has 1 saturated heterocycles. The maximum absolute atomic E-state index is 12.1. The van der Waals surface area contributed by atoms with Gasteiger partial charge in [-0.2, -0.15) is 0 Å². The molecule has 0 aromatic heterocycles. The van der Waals surface area contributed by atoms with Gasteiger partial charge in [0.1, 0.15) is 0 Å². The Kier molecular flexibility index (Phi) is 4.54. The van der Waals surface area contributed by atoms with Gasteiger partial charge in [0.05, 0.1) is 19.1 Å². The summed E-state index contributed by atoms with van der Waals surface area (Å²) in [4.78, 5) is 14.0. The lowest BCUT2D eigenvalue weighted by atomic mass is 10.0. The number of carbonyl (C=O) groups is 1. The third kappa shape index (κ3) is 2.69. The molecule has 4 nitrogen and oxygen atoms in total. The highest BCUT2D eigenvalue weighted by Crippen LogP contribution is 2.17. The molecule has 0 aromatic carbocycles. The van der Waals surface area contributed by atoms with E-state index in [-0.39, 0.29) is 17.9 Å². The fourth-order valence-corrected chi connectivity index (χ4v) is 1.83. The van der Waals surface area contributed by atoms with Gasteiger partial charge in [0.25, 0.3) is 0 Å². The second-order valence-corrected chi connectivity index (χ2v) is 4.25. The third-order valence-electron chi connectivity index (χ3n) is 3.37. The van der Waals surface area contributed by atoms with Crippen LogP contribution in [-0.2, 0) is 9.53 Å². The predicted molar refractivity (Wildman–Crippen MR) is 59.7 cm³/mol. The lowest BCUT2D eigenvalue weighted by molar-refractivity contribution is -0.136. The summed E-state index contributed by atoms with van der Waals surface area (Å²) in [7, 11) is 3.75. The average molecular weight is 214 g/mol. The lowest BCUT2D eigenvalue weighted by Gasteiger charge is -2.28. The highest BCUT2D eigenvalue weighted by Gasteiger charge is 2.35. The number of amides is 1. The van der Waals surface area contributed by atoms with Crippen molar-refractivity contribution in [2.24, 2.45) is 5.92 Å². The summed E-state index contributed by atoms with van der Waals surface area (Å²) in [5, 5.41) is 3.13. The zero-order valence-electron chi connectivity index (χ0n) is 10.1. The van der Waals surface area contributed by atoms with Gasteiger partial charge in [-0.25, -0.2) is 0 Å². The zero-order valence-corrected chi connectivity index (χ0v) is 10.1. The van der Waals surface area contributed by atoms with E-state index in [1.807, 2.05) is 19.0 Å². The van der Waals surface area contributed by atoms with Gasteiger partial charge in [0.15, 0.2) is 0 Å². The number of likely N-dealkylation sites (N-methyl/N-ethyl adjacent to an activating group) is 1. The Morgan fingerprint density at radius 3 is 2.80 bits per heavy atom. The minimum absolute atomic E-state index is 0.0194. The number of hydrogen-bond donors (Lipinski definition) is 1. The molecule has 1 fully saturated rings. The van der Waals surface area contributed by atoms with Crippen LogP contribution < -0.4 is 5.32 Å². The Labute approximate surface area is 92.0 Å². The van der Waals surface area contributed by atoms with Crippen molar-refractivity contribution in [3.8, 4) is 0 Å². The summed E-state index contributed by atoms with van der Waals surface area (Å²) < 4.78 is 5.34. The second-order valence-electron chi connectivity index (χ2n) is 4.25. The van der Waals surface area contributed by atoms with E-state index in [1.165, 1.54) is 0 Å². The van der Waals surface area contributed by atoms with Gasteiger partial charge < -0.3 is 15.0 Å². The van der Waals surface area contributed by atoms with E-state index in [1.54, 1.807) is 0 Å². The first-order valence-corrected chi connectivity index (χ1v) is 5.63. The van der Waals surface area contributed by atoms with Crippen LogP contribution in [0.3, 0.4) is 0 Å². The molecule has 1 rings (SSSR count). The first-order chi connectivity index (χ1) is 7.11. The van der Waals surface area contributed by atoms with E-state index in [0.29, 0.717) is 19.3 Å². The summed E-state index contributed by atoms with van der Waals surface area (Å²) in [6.07, 6.45) is 0.986. The van der Waals surface area contributed by atoms with Crippen molar-refractivity contribution >= 4 is 5.91 Å². The number of carbonyl (C=O) groups excluding carboxylic acids is 1. The molecule has 3 atom stereocenters. The molecule has 1 N–H and O–H groups in total. The van der Waals surface area contributed by atoms with Gasteiger partial charge in [0.2, 0.25) is 5.91 Å². The Morgan fingerprint density at radius 1 is 1.60 bits per heavy atom. The van der Waals surface area contributed by atoms with Gasteiger partial charge in [-0.15, -0.1) is 0 Å². The van der Waals surface area contributed by atoms with Gasteiger partial charge in [-0.3, -0.25) is 4.79 Å². The number of ether oxygens (including phenoxy) is 1. The van der Waals surface area contributed by atoms with Crippen LogP contribution in [0, 0.1) is 5.92 Å². The Morgan fingerprint density at radius 2 is 2.27 bits per heavy atom. The molecule has 4 heteroatoms. The van der Waals surface area contributed by atoms with Crippen LogP contribution in [0.15, 0.2) is 0 Å². The molecule has 0 radical (unpaired) electrons. The molecule has 15 heavy (non-hydrogen) atoms. The molecule has 1 heterocycles. The van der Waals surface area contributed by atoms with Crippen molar-refractivity contribution < 1.29 is 9.53 Å². The molecular formula is C11H22N2O2. The fourth-order valence-electron chi connectivity index (χ4n) is 1.83. The molecule has 0 aliphatic carbocycles. The second kappa shape index (κ2) is 5.47. The van der Waals surface area contributed by atoms with Crippen LogP contribution in [0.25, 0.3) is 0 Å². The van der Waals surface area contributed by atoms with E-state index in [9.17, 15) is 4.79 Å². The average Bonchev–Trinajstić information content (AvgIpc) is 2.73.